The molecule has 3 aromatic carbocycles. The van der Waals surface area contributed by atoms with E-state index in [1.807, 2.05) is 43.3 Å². The van der Waals surface area contributed by atoms with Crippen LogP contribution in [0.15, 0.2) is 84.0 Å². The van der Waals surface area contributed by atoms with Gasteiger partial charge in [-0.25, -0.2) is 10.4 Å². The first kappa shape index (κ1) is 23.6. The van der Waals surface area contributed by atoms with Gasteiger partial charge in [0.05, 0.1) is 23.0 Å². The predicted octanol–water partition coefficient (Wildman–Crippen LogP) is 4.54. The number of hydrogen-bond acceptors (Lipinski definition) is 5. The van der Waals surface area contributed by atoms with Crippen molar-refractivity contribution in [1.29, 1.82) is 0 Å². The molecule has 0 unspecified atom stereocenters. The molecule has 4 rings (SSSR count). The molecule has 0 fully saturated rings. The Morgan fingerprint density at radius 3 is 2.40 bits per heavy atom. The molecule has 1 aromatic heterocycles. The number of nitrogens with one attached hydrogen (secondary N) is 3. The van der Waals surface area contributed by atoms with Gasteiger partial charge in [0.1, 0.15) is 5.15 Å². The molecule has 0 saturated carbocycles. The Hall–Kier alpha value is -4.56. The quantitative estimate of drug-likeness (QED) is 0.167. The van der Waals surface area contributed by atoms with Crippen LogP contribution in [-0.4, -0.2) is 28.9 Å². The summed E-state index contributed by atoms with van der Waals surface area (Å²) in [5, 5.41) is 10.1. The van der Waals surface area contributed by atoms with Crippen molar-refractivity contribution in [2.75, 3.05) is 10.6 Å². The van der Waals surface area contributed by atoms with Crippen LogP contribution in [-0.2, 0) is 9.59 Å². The van der Waals surface area contributed by atoms with Crippen molar-refractivity contribution in [3.8, 4) is 0 Å². The molecule has 0 saturated heterocycles. The second-order valence-electron chi connectivity index (χ2n) is 7.58. The van der Waals surface area contributed by atoms with Gasteiger partial charge in [0, 0.05) is 16.6 Å². The van der Waals surface area contributed by atoms with Gasteiger partial charge >= 0.3 is 11.8 Å². The van der Waals surface area contributed by atoms with Crippen LogP contribution in [0.5, 0.6) is 0 Å². The molecule has 0 radical (unpaired) electrons. The van der Waals surface area contributed by atoms with E-state index in [4.69, 9.17) is 11.6 Å². The van der Waals surface area contributed by atoms with E-state index in [1.165, 1.54) is 12.3 Å². The molecule has 8 nitrogen and oxygen atoms in total. The van der Waals surface area contributed by atoms with E-state index < -0.39 is 17.7 Å². The highest BCUT2D eigenvalue weighted by Crippen LogP contribution is 2.19. The summed E-state index contributed by atoms with van der Waals surface area (Å²) in [4.78, 5) is 41.6. The Morgan fingerprint density at radius 1 is 0.886 bits per heavy atom. The zero-order valence-electron chi connectivity index (χ0n) is 18.6. The van der Waals surface area contributed by atoms with E-state index in [-0.39, 0.29) is 16.4 Å². The molecule has 3 amide bonds. The number of hydrazone groups is 1. The van der Waals surface area contributed by atoms with Gasteiger partial charge in [-0.05, 0) is 43.3 Å². The lowest BCUT2D eigenvalue weighted by Gasteiger charge is -2.11. The molecule has 0 aliphatic carbocycles. The highest BCUT2D eigenvalue weighted by atomic mass is 35.5. The fourth-order valence-electron chi connectivity index (χ4n) is 3.22. The fourth-order valence-corrected chi connectivity index (χ4v) is 3.41. The minimum Gasteiger partial charge on any atom is -0.322 e. The van der Waals surface area contributed by atoms with Crippen molar-refractivity contribution < 1.29 is 14.4 Å². The lowest BCUT2D eigenvalue weighted by molar-refractivity contribution is -0.136. The Bertz CT molecular complexity index is 1450. The maximum absolute atomic E-state index is 12.7. The number of halogens is 1. The number of carbonyl (C=O) groups is 3. The molecule has 4 aromatic rings. The second kappa shape index (κ2) is 10.6. The number of pyridine rings is 1. The number of hydrogen-bond donors (Lipinski definition) is 3. The van der Waals surface area contributed by atoms with E-state index in [9.17, 15) is 14.4 Å². The molecule has 0 atom stereocenters. The number of carbonyl (C=O) groups excluding carboxylic acids is 3. The number of aromatic nitrogens is 1. The number of benzene rings is 3. The Morgan fingerprint density at radius 2 is 1.60 bits per heavy atom. The summed E-state index contributed by atoms with van der Waals surface area (Å²) in [7, 11) is 0. The van der Waals surface area contributed by atoms with Gasteiger partial charge in [-0.2, -0.15) is 5.10 Å². The number of nitrogens with zero attached hydrogens (tertiary/aromatic N) is 2. The van der Waals surface area contributed by atoms with Crippen molar-refractivity contribution in [3.63, 3.8) is 0 Å². The van der Waals surface area contributed by atoms with Gasteiger partial charge in [0.15, 0.2) is 0 Å². The van der Waals surface area contributed by atoms with Crippen molar-refractivity contribution in [3.05, 3.63) is 101 Å². The van der Waals surface area contributed by atoms with Crippen molar-refractivity contribution in [1.82, 2.24) is 10.4 Å². The normalized spacial score (nSPS) is 10.8. The monoisotopic (exact) mass is 485 g/mol. The summed E-state index contributed by atoms with van der Waals surface area (Å²) in [6.45, 7) is 1.94. The smallest absolute Gasteiger partial charge is 0.322 e. The first-order valence-electron chi connectivity index (χ1n) is 10.6. The van der Waals surface area contributed by atoms with Gasteiger partial charge in [-0.3, -0.25) is 14.4 Å². The van der Waals surface area contributed by atoms with Gasteiger partial charge < -0.3 is 10.6 Å². The summed E-state index contributed by atoms with van der Waals surface area (Å²) in [6.07, 6.45) is 1.30. The van der Waals surface area contributed by atoms with Crippen LogP contribution in [0.4, 0.5) is 11.4 Å². The molecule has 0 bridgehead atoms. The summed E-state index contributed by atoms with van der Waals surface area (Å²) < 4.78 is 0. The number of para-hydroxylation sites is 2. The van der Waals surface area contributed by atoms with E-state index in [2.05, 4.69) is 26.1 Å². The van der Waals surface area contributed by atoms with Gasteiger partial charge in [0.25, 0.3) is 5.91 Å². The molecule has 3 N–H and O–H groups in total. The molecule has 1 heterocycles. The van der Waals surface area contributed by atoms with E-state index in [1.54, 1.807) is 36.4 Å². The van der Waals surface area contributed by atoms with E-state index in [0.717, 1.165) is 16.5 Å². The highest BCUT2D eigenvalue weighted by Gasteiger charge is 2.18. The zero-order chi connectivity index (χ0) is 24.8. The Labute approximate surface area is 206 Å². The molecular weight excluding hydrogens is 466 g/mol. The third-order valence-corrected chi connectivity index (χ3v) is 5.31. The first-order valence-corrected chi connectivity index (χ1v) is 11.0. The Kier molecular flexibility index (Phi) is 7.13. The lowest BCUT2D eigenvalue weighted by Crippen LogP contribution is -2.33. The number of anilines is 2. The third kappa shape index (κ3) is 5.87. The predicted molar refractivity (Wildman–Crippen MR) is 137 cm³/mol. The van der Waals surface area contributed by atoms with Crippen LogP contribution in [0.3, 0.4) is 0 Å². The summed E-state index contributed by atoms with van der Waals surface area (Å²) in [6, 6.07) is 22.8. The summed E-state index contributed by atoms with van der Waals surface area (Å²) in [5.41, 5.74) is 5.40. The Balaban J connectivity index is 1.41. The minimum atomic E-state index is -1.01. The summed E-state index contributed by atoms with van der Waals surface area (Å²) in [5.74, 6) is -2.43. The van der Waals surface area contributed by atoms with Crippen LogP contribution in [0, 0.1) is 6.92 Å². The molecular formula is C26H20ClN5O3. The summed E-state index contributed by atoms with van der Waals surface area (Å²) >= 11 is 6.17. The third-order valence-electron chi connectivity index (χ3n) is 5.01. The zero-order valence-corrected chi connectivity index (χ0v) is 19.3. The maximum atomic E-state index is 12.7. The number of rotatable bonds is 5. The largest absolute Gasteiger partial charge is 0.329 e. The molecule has 35 heavy (non-hydrogen) atoms. The minimum absolute atomic E-state index is 0.183. The number of aryl methyl sites for hydroxylation is 1. The standard InChI is InChI=1S/C26H20ClN5O3/c1-16-10-12-19(13-11-16)29-24(33)20-7-3-5-9-22(20)31-25(34)26(35)32-28-15-18-14-17-6-2-4-8-21(17)30-23(18)27/h2-15H,1H3,(H,29,33)(H,31,34)(H,32,35)/b28-15-. The average Bonchev–Trinajstić information content (AvgIpc) is 2.86. The number of fused-ring (bicyclic) bond motifs is 1. The highest BCUT2D eigenvalue weighted by molar-refractivity contribution is 6.40. The van der Waals surface area contributed by atoms with E-state index >= 15 is 0 Å². The maximum Gasteiger partial charge on any atom is 0.329 e. The molecule has 0 aliphatic heterocycles. The average molecular weight is 486 g/mol. The van der Waals surface area contributed by atoms with Gasteiger partial charge in [0.2, 0.25) is 0 Å². The van der Waals surface area contributed by atoms with Gasteiger partial charge in [-0.1, -0.05) is 59.6 Å². The second-order valence-corrected chi connectivity index (χ2v) is 7.94. The van der Waals surface area contributed by atoms with Crippen LogP contribution >= 0.6 is 11.6 Å². The van der Waals surface area contributed by atoms with Crippen molar-refractivity contribution >= 4 is 57.8 Å². The molecule has 9 heteroatoms. The van der Waals surface area contributed by atoms with Crippen LogP contribution in [0.1, 0.15) is 21.5 Å². The van der Waals surface area contributed by atoms with Gasteiger partial charge in [-0.15, -0.1) is 0 Å². The first-order chi connectivity index (χ1) is 16.9. The number of amides is 3. The van der Waals surface area contributed by atoms with Crippen LogP contribution < -0.4 is 16.1 Å². The fraction of sp³-hybridized carbons (Fsp3) is 0.0385. The topological polar surface area (TPSA) is 113 Å². The SMILES string of the molecule is Cc1ccc(NC(=O)c2ccccc2NC(=O)C(=O)N/N=C\c2cc3ccccc3nc2Cl)cc1. The van der Waals surface area contributed by atoms with E-state index in [0.29, 0.717) is 11.3 Å². The van der Waals surface area contributed by atoms with Crippen LogP contribution in [0.25, 0.3) is 10.9 Å². The van der Waals surface area contributed by atoms with Crippen molar-refractivity contribution in [2.24, 2.45) is 5.10 Å². The van der Waals surface area contributed by atoms with Crippen molar-refractivity contribution in [2.45, 2.75) is 6.92 Å². The molecule has 174 valence electrons. The molecule has 0 spiro atoms. The lowest BCUT2D eigenvalue weighted by atomic mass is 10.1. The molecule has 0 aliphatic rings. The van der Waals surface area contributed by atoms with Crippen LogP contribution in [0.2, 0.25) is 5.15 Å².